The SMILES string of the molecule is CCCCCC(CCC)C(C)(C(CCCC)C(C)CCC)C1CC1CC. The zero-order valence-electron chi connectivity index (χ0n) is 19.6. The first-order chi connectivity index (χ1) is 12.5. The fraction of sp³-hybridized carbons (Fsp3) is 1.00. The average molecular weight is 365 g/mol. The summed E-state index contributed by atoms with van der Waals surface area (Å²) in [5.74, 6) is 4.86. The molecule has 0 radical (unpaired) electrons. The molecule has 0 aromatic heterocycles. The molecule has 26 heavy (non-hydrogen) atoms. The Morgan fingerprint density at radius 2 is 1.42 bits per heavy atom. The molecule has 0 bridgehead atoms. The van der Waals surface area contributed by atoms with Crippen molar-refractivity contribution >= 4 is 0 Å². The van der Waals surface area contributed by atoms with Crippen molar-refractivity contribution in [1.29, 1.82) is 0 Å². The third-order valence-corrected chi connectivity index (χ3v) is 8.02. The quantitative estimate of drug-likeness (QED) is 0.239. The highest BCUT2D eigenvalue weighted by atomic mass is 14.6. The van der Waals surface area contributed by atoms with E-state index in [0.29, 0.717) is 5.41 Å². The van der Waals surface area contributed by atoms with Crippen LogP contribution in [0.25, 0.3) is 0 Å². The van der Waals surface area contributed by atoms with Crippen molar-refractivity contribution in [2.45, 2.75) is 132 Å². The molecule has 1 aliphatic carbocycles. The van der Waals surface area contributed by atoms with Gasteiger partial charge in [-0.05, 0) is 54.3 Å². The minimum absolute atomic E-state index is 0.591. The van der Waals surface area contributed by atoms with Crippen molar-refractivity contribution in [3.05, 3.63) is 0 Å². The molecule has 0 spiro atoms. The van der Waals surface area contributed by atoms with Gasteiger partial charge >= 0.3 is 0 Å². The molecule has 1 aliphatic rings. The maximum Gasteiger partial charge on any atom is -0.0236 e. The maximum atomic E-state index is 2.77. The third kappa shape index (κ3) is 6.27. The van der Waals surface area contributed by atoms with E-state index in [9.17, 15) is 0 Å². The van der Waals surface area contributed by atoms with E-state index in [2.05, 4.69) is 48.5 Å². The minimum Gasteiger partial charge on any atom is -0.0654 e. The van der Waals surface area contributed by atoms with Crippen molar-refractivity contribution in [3.63, 3.8) is 0 Å². The van der Waals surface area contributed by atoms with E-state index in [1.807, 2.05) is 0 Å². The van der Waals surface area contributed by atoms with Crippen LogP contribution in [0.1, 0.15) is 132 Å². The summed E-state index contributed by atoms with van der Waals surface area (Å²) in [6.07, 6.45) is 18.6. The van der Waals surface area contributed by atoms with Gasteiger partial charge in [-0.2, -0.15) is 0 Å². The summed E-state index contributed by atoms with van der Waals surface area (Å²) in [6.45, 7) is 17.4. The highest BCUT2D eigenvalue weighted by molar-refractivity contribution is 5.04. The lowest BCUT2D eigenvalue weighted by Crippen LogP contribution is -2.41. The highest BCUT2D eigenvalue weighted by Gasteiger charge is 2.55. The smallest absolute Gasteiger partial charge is 0.0236 e. The Labute approximate surface area is 167 Å². The monoisotopic (exact) mass is 364 g/mol. The van der Waals surface area contributed by atoms with Crippen LogP contribution in [0.4, 0.5) is 0 Å². The molecule has 0 heterocycles. The van der Waals surface area contributed by atoms with Gasteiger partial charge in [0.05, 0.1) is 0 Å². The number of unbranched alkanes of at least 4 members (excludes halogenated alkanes) is 3. The maximum absolute atomic E-state index is 2.77. The first kappa shape index (κ1) is 24.0. The summed E-state index contributed by atoms with van der Waals surface area (Å²) in [7, 11) is 0. The molecule has 0 saturated heterocycles. The van der Waals surface area contributed by atoms with Gasteiger partial charge in [-0.15, -0.1) is 0 Å². The van der Waals surface area contributed by atoms with E-state index < -0.39 is 0 Å². The molecule has 0 heteroatoms. The van der Waals surface area contributed by atoms with Gasteiger partial charge in [-0.3, -0.25) is 0 Å². The molecule has 0 nitrogen and oxygen atoms in total. The second-order valence-electron chi connectivity index (χ2n) is 9.87. The molecule has 6 unspecified atom stereocenters. The second-order valence-corrected chi connectivity index (χ2v) is 9.87. The summed E-state index contributed by atoms with van der Waals surface area (Å²) in [6, 6.07) is 0. The summed E-state index contributed by atoms with van der Waals surface area (Å²) in [5, 5.41) is 0. The van der Waals surface area contributed by atoms with Crippen molar-refractivity contribution in [2.75, 3.05) is 0 Å². The molecule has 6 atom stereocenters. The Bertz CT molecular complexity index is 346. The molecule has 0 N–H and O–H groups in total. The summed E-state index contributed by atoms with van der Waals surface area (Å²) in [4.78, 5) is 0. The molecule has 0 amide bonds. The van der Waals surface area contributed by atoms with Gasteiger partial charge in [0.15, 0.2) is 0 Å². The first-order valence-corrected chi connectivity index (χ1v) is 12.5. The van der Waals surface area contributed by atoms with Gasteiger partial charge in [0.1, 0.15) is 0 Å². The lowest BCUT2D eigenvalue weighted by Gasteiger charge is -2.48. The van der Waals surface area contributed by atoms with E-state index in [4.69, 9.17) is 0 Å². The fourth-order valence-corrected chi connectivity index (χ4v) is 6.39. The van der Waals surface area contributed by atoms with Crippen LogP contribution >= 0.6 is 0 Å². The van der Waals surface area contributed by atoms with Crippen molar-refractivity contribution in [3.8, 4) is 0 Å². The lowest BCUT2D eigenvalue weighted by atomic mass is 9.56. The second kappa shape index (κ2) is 12.5. The van der Waals surface area contributed by atoms with Crippen LogP contribution in [-0.2, 0) is 0 Å². The minimum atomic E-state index is 0.591. The Morgan fingerprint density at radius 1 is 0.769 bits per heavy atom. The van der Waals surface area contributed by atoms with Crippen molar-refractivity contribution in [1.82, 2.24) is 0 Å². The topological polar surface area (TPSA) is 0 Å². The van der Waals surface area contributed by atoms with Crippen molar-refractivity contribution in [2.24, 2.45) is 35.0 Å². The molecule has 1 saturated carbocycles. The van der Waals surface area contributed by atoms with Crippen LogP contribution in [-0.4, -0.2) is 0 Å². The Kier molecular flexibility index (Phi) is 11.5. The number of hydrogen-bond donors (Lipinski definition) is 0. The molecule has 0 aliphatic heterocycles. The van der Waals surface area contributed by atoms with Gasteiger partial charge in [0.2, 0.25) is 0 Å². The molecule has 156 valence electrons. The van der Waals surface area contributed by atoms with Crippen LogP contribution < -0.4 is 0 Å². The molecule has 1 rings (SSSR count). The summed E-state index contributed by atoms with van der Waals surface area (Å²) in [5.41, 5.74) is 0.591. The molecule has 0 aromatic carbocycles. The van der Waals surface area contributed by atoms with Crippen LogP contribution in [0.5, 0.6) is 0 Å². The van der Waals surface area contributed by atoms with E-state index in [1.54, 1.807) is 0 Å². The Balaban J connectivity index is 3.12. The van der Waals surface area contributed by atoms with Crippen LogP contribution in [0.2, 0.25) is 0 Å². The van der Waals surface area contributed by atoms with E-state index in [-0.39, 0.29) is 0 Å². The normalized spacial score (nSPS) is 25.5. The molecular formula is C26H52. The summed E-state index contributed by atoms with van der Waals surface area (Å²) < 4.78 is 0. The van der Waals surface area contributed by atoms with Gasteiger partial charge in [0.25, 0.3) is 0 Å². The molecule has 0 aromatic rings. The molecular weight excluding hydrogens is 312 g/mol. The van der Waals surface area contributed by atoms with Crippen molar-refractivity contribution < 1.29 is 0 Å². The summed E-state index contributed by atoms with van der Waals surface area (Å²) >= 11 is 0. The van der Waals surface area contributed by atoms with E-state index >= 15 is 0 Å². The standard InChI is InChI=1S/C26H52/c1-8-13-15-18-23(17-11-4)26(7,25-20-22(25)12-5)24(19-14-9-2)21(6)16-10-3/h21-25H,8-20H2,1-7H3. The van der Waals surface area contributed by atoms with Crippen LogP contribution in [0, 0.1) is 35.0 Å². The Morgan fingerprint density at radius 3 is 1.92 bits per heavy atom. The molecule has 1 fully saturated rings. The zero-order valence-corrected chi connectivity index (χ0v) is 19.6. The zero-order chi connectivity index (χ0) is 19.6. The predicted molar refractivity (Wildman–Crippen MR) is 120 cm³/mol. The average Bonchev–Trinajstić information content (AvgIpc) is 3.42. The first-order valence-electron chi connectivity index (χ1n) is 12.5. The van der Waals surface area contributed by atoms with Crippen LogP contribution in [0.3, 0.4) is 0 Å². The number of hydrogen-bond acceptors (Lipinski definition) is 0. The predicted octanol–water partition coefficient (Wildman–Crippen LogP) is 9.28. The third-order valence-electron chi connectivity index (χ3n) is 8.02. The number of rotatable bonds is 16. The van der Waals surface area contributed by atoms with E-state index in [0.717, 1.165) is 29.6 Å². The largest absolute Gasteiger partial charge is 0.0654 e. The van der Waals surface area contributed by atoms with Gasteiger partial charge in [-0.25, -0.2) is 0 Å². The fourth-order valence-electron chi connectivity index (χ4n) is 6.39. The van der Waals surface area contributed by atoms with Gasteiger partial charge in [0, 0.05) is 0 Å². The van der Waals surface area contributed by atoms with E-state index in [1.165, 1.54) is 83.5 Å². The Hall–Kier alpha value is 0. The lowest BCUT2D eigenvalue weighted by molar-refractivity contribution is 0.00352. The van der Waals surface area contributed by atoms with Gasteiger partial charge < -0.3 is 0 Å². The van der Waals surface area contributed by atoms with Gasteiger partial charge in [-0.1, -0.05) is 113 Å². The highest BCUT2D eigenvalue weighted by Crippen LogP contribution is 2.63. The van der Waals surface area contributed by atoms with Crippen LogP contribution in [0.15, 0.2) is 0 Å².